The molecule has 228 valence electrons. The van der Waals surface area contributed by atoms with E-state index < -0.39 is 6.29 Å². The molecule has 43 heavy (non-hydrogen) atoms. The van der Waals surface area contributed by atoms with Crippen molar-refractivity contribution in [2.75, 3.05) is 49.5 Å². The zero-order valence-electron chi connectivity index (χ0n) is 24.5. The van der Waals surface area contributed by atoms with Crippen LogP contribution in [0.4, 0.5) is 21.9 Å². The van der Waals surface area contributed by atoms with Crippen LogP contribution in [0.25, 0.3) is 0 Å². The molecule has 3 aromatic rings. The first kappa shape index (κ1) is 30.4. The highest BCUT2D eigenvalue weighted by atomic mass is 16.7. The molecule has 4 unspecified atom stereocenters. The zero-order valence-corrected chi connectivity index (χ0v) is 24.5. The Bertz CT molecular complexity index is 1360. The first-order chi connectivity index (χ1) is 20.8. The number of rotatable bonds is 9. The molecule has 0 aromatic heterocycles. The van der Waals surface area contributed by atoms with E-state index in [1.165, 1.54) is 0 Å². The molecule has 2 aliphatic rings. The van der Waals surface area contributed by atoms with Crippen LogP contribution in [-0.2, 0) is 16.1 Å². The fourth-order valence-electron chi connectivity index (χ4n) is 5.62. The number of ether oxygens (including phenoxy) is 2. The highest BCUT2D eigenvalue weighted by molar-refractivity contribution is 5.89. The summed E-state index contributed by atoms with van der Waals surface area (Å²) in [4.78, 5) is 27.2. The summed E-state index contributed by atoms with van der Waals surface area (Å²) in [6.07, 6.45) is -0.921. The smallest absolute Gasteiger partial charge is 0.319 e. The molecular weight excluding hydrogens is 550 g/mol. The summed E-state index contributed by atoms with van der Waals surface area (Å²) in [6.45, 7) is 8.57. The topological polar surface area (TPSA) is 129 Å². The Morgan fingerprint density at radius 3 is 2.21 bits per heavy atom. The minimum atomic E-state index is -0.594. The fourth-order valence-corrected chi connectivity index (χ4v) is 5.62. The second-order valence-electron chi connectivity index (χ2n) is 11.0. The van der Waals surface area contributed by atoms with E-state index in [-0.39, 0.29) is 41.4 Å². The van der Waals surface area contributed by atoms with Gasteiger partial charge in [-0.05, 0) is 42.3 Å². The van der Waals surface area contributed by atoms with Crippen molar-refractivity contribution in [2.24, 2.45) is 5.92 Å². The van der Waals surface area contributed by atoms with E-state index in [0.717, 1.165) is 55.1 Å². The van der Waals surface area contributed by atoms with E-state index in [4.69, 9.17) is 9.47 Å². The number of urea groups is 1. The number of aliphatic hydroxyl groups is 1. The van der Waals surface area contributed by atoms with Gasteiger partial charge in [-0.15, -0.1) is 0 Å². The molecule has 11 nitrogen and oxygen atoms in total. The van der Waals surface area contributed by atoms with Crippen molar-refractivity contribution in [1.29, 1.82) is 0 Å². The average molecular weight is 590 g/mol. The number of anilines is 2. The molecule has 5 rings (SSSR count). The molecule has 0 spiro atoms. The number of nitrogens with zero attached hydrogens (tertiary/aromatic N) is 3. The largest absolute Gasteiger partial charge is 0.392 e. The van der Waals surface area contributed by atoms with Crippen LogP contribution in [0.1, 0.15) is 42.9 Å². The molecule has 4 atom stereocenters. The normalized spacial score (nSPS) is 22.6. The number of amides is 2. The number of hydrogen-bond donors (Lipinski definition) is 3. The lowest BCUT2D eigenvalue weighted by Crippen LogP contribution is -2.51. The second kappa shape index (κ2) is 14.0. The molecule has 2 saturated heterocycles. The van der Waals surface area contributed by atoms with E-state index >= 15 is 0 Å². The number of nitrogens with one attached hydrogen (secondary N) is 2. The van der Waals surface area contributed by atoms with Gasteiger partial charge in [0.05, 0.1) is 23.7 Å². The lowest BCUT2D eigenvalue weighted by molar-refractivity contribution is -0.384. The summed E-state index contributed by atoms with van der Waals surface area (Å²) in [5.74, 6) is 0.0580. The van der Waals surface area contributed by atoms with Gasteiger partial charge in [-0.2, -0.15) is 0 Å². The Kier molecular flexibility index (Phi) is 9.88. The molecule has 0 radical (unpaired) electrons. The summed E-state index contributed by atoms with van der Waals surface area (Å²) >= 11 is 0. The maximum absolute atomic E-state index is 11.9. The Morgan fingerprint density at radius 1 is 0.953 bits per heavy atom. The molecule has 11 heteroatoms. The quantitative estimate of drug-likeness (QED) is 0.239. The minimum absolute atomic E-state index is 0.0156. The standard InChI is InChI=1S/C32H39N5O6/c1-3-33-32(39)34-26-10-8-25(9-11-26)31-42-29(22(2)30(43-31)24-6-4-23(21-38)5-7-24)20-35-16-18-36(19-17-35)27-12-14-28(15-13-27)37(40)41/h4-15,22,29-31,38H,3,16-21H2,1-2H3,(H2,33,34,39). The highest BCUT2D eigenvalue weighted by Gasteiger charge is 2.39. The highest BCUT2D eigenvalue weighted by Crippen LogP contribution is 2.42. The number of aliphatic hydroxyl groups excluding tert-OH is 1. The maximum atomic E-state index is 11.9. The number of benzene rings is 3. The summed E-state index contributed by atoms with van der Waals surface area (Å²) in [6, 6.07) is 21.8. The van der Waals surface area contributed by atoms with Crippen LogP contribution in [0.2, 0.25) is 0 Å². The SMILES string of the molecule is CCNC(=O)Nc1ccc(C2OC(CN3CCN(c4ccc([N+](=O)[O-])cc4)CC3)C(C)C(c3ccc(CO)cc3)O2)cc1. The number of nitro groups is 1. The Labute approximate surface area is 251 Å². The summed E-state index contributed by atoms with van der Waals surface area (Å²) in [5, 5.41) is 26.1. The summed E-state index contributed by atoms with van der Waals surface area (Å²) < 4.78 is 13.2. The number of hydrogen-bond acceptors (Lipinski definition) is 8. The van der Waals surface area contributed by atoms with Crippen molar-refractivity contribution < 1.29 is 24.3 Å². The van der Waals surface area contributed by atoms with Gasteiger partial charge in [0.1, 0.15) is 0 Å². The van der Waals surface area contributed by atoms with Crippen LogP contribution >= 0.6 is 0 Å². The summed E-state index contributed by atoms with van der Waals surface area (Å²) in [5.41, 5.74) is 4.49. The van der Waals surface area contributed by atoms with Crippen LogP contribution < -0.4 is 15.5 Å². The predicted octanol–water partition coefficient (Wildman–Crippen LogP) is 4.84. The first-order valence-corrected chi connectivity index (χ1v) is 14.7. The van der Waals surface area contributed by atoms with Gasteiger partial charge in [-0.25, -0.2) is 4.79 Å². The number of carbonyl (C=O) groups excluding carboxylic acids is 1. The van der Waals surface area contributed by atoms with Gasteiger partial charge in [0.25, 0.3) is 5.69 Å². The maximum Gasteiger partial charge on any atom is 0.319 e. The lowest BCUT2D eigenvalue weighted by Gasteiger charge is -2.44. The Hall–Kier alpha value is -4.03. The Balaban J connectivity index is 1.28. The number of carbonyl (C=O) groups is 1. The van der Waals surface area contributed by atoms with Crippen molar-refractivity contribution in [1.82, 2.24) is 10.2 Å². The van der Waals surface area contributed by atoms with E-state index in [1.54, 1.807) is 12.1 Å². The van der Waals surface area contributed by atoms with E-state index in [2.05, 4.69) is 27.4 Å². The third-order valence-corrected chi connectivity index (χ3v) is 8.14. The molecule has 2 fully saturated rings. The predicted molar refractivity (Wildman–Crippen MR) is 164 cm³/mol. The van der Waals surface area contributed by atoms with Crippen molar-refractivity contribution in [2.45, 2.75) is 39.0 Å². The van der Waals surface area contributed by atoms with Crippen LogP contribution in [0.3, 0.4) is 0 Å². The molecule has 2 aliphatic heterocycles. The average Bonchev–Trinajstić information content (AvgIpc) is 3.03. The van der Waals surface area contributed by atoms with Crippen LogP contribution in [0, 0.1) is 16.0 Å². The van der Waals surface area contributed by atoms with Gasteiger partial charge in [-0.3, -0.25) is 15.0 Å². The Morgan fingerprint density at radius 2 is 1.60 bits per heavy atom. The van der Waals surface area contributed by atoms with Gasteiger partial charge in [0, 0.05) is 74.3 Å². The second-order valence-corrected chi connectivity index (χ2v) is 11.0. The third kappa shape index (κ3) is 7.49. The zero-order chi connectivity index (χ0) is 30.3. The van der Waals surface area contributed by atoms with Gasteiger partial charge in [0.2, 0.25) is 0 Å². The minimum Gasteiger partial charge on any atom is -0.392 e. The number of non-ortho nitro benzene ring substituents is 1. The first-order valence-electron chi connectivity index (χ1n) is 14.7. The van der Waals surface area contributed by atoms with Crippen LogP contribution in [0.5, 0.6) is 0 Å². The van der Waals surface area contributed by atoms with Crippen molar-refractivity contribution in [3.05, 3.63) is 99.6 Å². The van der Waals surface area contributed by atoms with Gasteiger partial charge in [-0.1, -0.05) is 43.3 Å². The van der Waals surface area contributed by atoms with Crippen molar-refractivity contribution in [3.63, 3.8) is 0 Å². The number of nitro benzene ring substituents is 1. The van der Waals surface area contributed by atoms with Gasteiger partial charge < -0.3 is 30.1 Å². The molecule has 0 saturated carbocycles. The van der Waals surface area contributed by atoms with Crippen LogP contribution in [0.15, 0.2) is 72.8 Å². The molecule has 3 aromatic carbocycles. The molecule has 0 bridgehead atoms. The monoisotopic (exact) mass is 589 g/mol. The molecule has 3 N–H and O–H groups in total. The molecular formula is C32H39N5O6. The van der Waals surface area contributed by atoms with Gasteiger partial charge in [0.15, 0.2) is 6.29 Å². The lowest BCUT2D eigenvalue weighted by atomic mass is 9.90. The molecule has 2 heterocycles. The van der Waals surface area contributed by atoms with Crippen molar-refractivity contribution in [3.8, 4) is 0 Å². The van der Waals surface area contributed by atoms with Crippen LogP contribution in [-0.4, -0.2) is 66.3 Å². The third-order valence-electron chi connectivity index (χ3n) is 8.14. The summed E-state index contributed by atoms with van der Waals surface area (Å²) in [7, 11) is 0. The van der Waals surface area contributed by atoms with E-state index in [0.29, 0.717) is 12.2 Å². The number of piperazine rings is 1. The van der Waals surface area contributed by atoms with E-state index in [1.807, 2.05) is 67.6 Å². The van der Waals surface area contributed by atoms with E-state index in [9.17, 15) is 20.0 Å². The fraction of sp³-hybridized carbons (Fsp3) is 0.406. The molecule has 2 amide bonds. The van der Waals surface area contributed by atoms with Gasteiger partial charge >= 0.3 is 6.03 Å². The van der Waals surface area contributed by atoms with Crippen molar-refractivity contribution >= 4 is 23.1 Å². The molecule has 0 aliphatic carbocycles.